The molecule has 8 heteroatoms. The van der Waals surface area contributed by atoms with Crippen LogP contribution < -0.4 is 0 Å². The molecular weight excluding hydrogens is 582 g/mol. The smallest absolute Gasteiger partial charge is 0.362 e. The summed E-state index contributed by atoms with van der Waals surface area (Å²) in [6.07, 6.45) is 28.2. The van der Waals surface area contributed by atoms with Crippen molar-refractivity contribution in [2.24, 2.45) is 0 Å². The lowest BCUT2D eigenvalue weighted by atomic mass is 10.1. The first-order valence-corrected chi connectivity index (χ1v) is 18.7. The van der Waals surface area contributed by atoms with Crippen LogP contribution in [0.2, 0.25) is 0 Å². The summed E-state index contributed by atoms with van der Waals surface area (Å²) < 4.78 is 17.1. The number of rotatable bonds is 33. The number of unbranched alkanes of at least 4 members (excludes halogenated alkanes) is 17. The number of carbonyl (C=O) groups excluding carboxylic acids is 2. The molecule has 0 amide bonds. The zero-order chi connectivity index (χ0) is 34.3. The van der Waals surface area contributed by atoms with E-state index in [1.165, 1.54) is 77.0 Å². The second-order valence-electron chi connectivity index (χ2n) is 13.8. The molecule has 2 unspecified atom stereocenters. The van der Waals surface area contributed by atoms with Crippen LogP contribution in [-0.4, -0.2) is 80.6 Å². The van der Waals surface area contributed by atoms with Crippen molar-refractivity contribution in [3.05, 3.63) is 12.2 Å². The van der Waals surface area contributed by atoms with Gasteiger partial charge in [0.25, 0.3) is 0 Å². The molecule has 0 aromatic carbocycles. The molecule has 0 saturated heterocycles. The highest BCUT2D eigenvalue weighted by atomic mass is 16.6. The predicted octanol–water partition coefficient (Wildman–Crippen LogP) is 9.19. The van der Waals surface area contributed by atoms with Crippen molar-refractivity contribution in [3.8, 4) is 0 Å². The standard InChI is InChI=1S/C38H71NO7/c1-6-8-10-12-14-16-17-18-19-21-23-25-27-29-37(41)46-34(32-44-31-30-35(38(42)43)39(3,4)5)33-45-36(40)28-26-24-22-20-15-13-11-9-7-2/h16-17,34-35H,6-15,18-33H2,1-5H3/p+1/b17-16-. The van der Waals surface area contributed by atoms with Crippen LogP contribution in [-0.2, 0) is 28.6 Å². The number of quaternary nitrogens is 1. The van der Waals surface area contributed by atoms with Gasteiger partial charge in [0.15, 0.2) is 12.1 Å². The summed E-state index contributed by atoms with van der Waals surface area (Å²) in [5.74, 6) is -1.48. The molecule has 0 aliphatic heterocycles. The molecule has 46 heavy (non-hydrogen) atoms. The molecule has 8 nitrogen and oxygen atoms in total. The molecular formula is C38H72NO7+. The molecule has 270 valence electrons. The summed E-state index contributed by atoms with van der Waals surface area (Å²) in [4.78, 5) is 36.6. The molecule has 2 atom stereocenters. The summed E-state index contributed by atoms with van der Waals surface area (Å²) >= 11 is 0. The van der Waals surface area contributed by atoms with Gasteiger partial charge in [-0.2, -0.15) is 0 Å². The van der Waals surface area contributed by atoms with Crippen LogP contribution in [0.25, 0.3) is 0 Å². The number of esters is 2. The van der Waals surface area contributed by atoms with Crippen LogP contribution in [0.3, 0.4) is 0 Å². The second-order valence-corrected chi connectivity index (χ2v) is 13.8. The fraction of sp³-hybridized carbons (Fsp3) is 0.868. The zero-order valence-corrected chi connectivity index (χ0v) is 30.5. The van der Waals surface area contributed by atoms with Gasteiger partial charge in [0.1, 0.15) is 6.61 Å². The van der Waals surface area contributed by atoms with E-state index >= 15 is 0 Å². The van der Waals surface area contributed by atoms with Gasteiger partial charge in [-0.3, -0.25) is 9.59 Å². The number of nitrogens with zero attached hydrogens (tertiary/aromatic N) is 1. The molecule has 0 fully saturated rings. The van der Waals surface area contributed by atoms with Gasteiger partial charge < -0.3 is 23.8 Å². The van der Waals surface area contributed by atoms with E-state index in [1.807, 2.05) is 21.1 Å². The van der Waals surface area contributed by atoms with Crippen LogP contribution in [0.4, 0.5) is 0 Å². The molecule has 0 rings (SSSR count). The highest BCUT2D eigenvalue weighted by Gasteiger charge is 2.31. The van der Waals surface area contributed by atoms with Crippen LogP contribution in [0.5, 0.6) is 0 Å². The van der Waals surface area contributed by atoms with Crippen molar-refractivity contribution in [2.75, 3.05) is 41.0 Å². The lowest BCUT2D eigenvalue weighted by Crippen LogP contribution is -2.50. The van der Waals surface area contributed by atoms with E-state index in [4.69, 9.17) is 14.2 Å². The van der Waals surface area contributed by atoms with Gasteiger partial charge in [0, 0.05) is 19.3 Å². The third-order valence-corrected chi connectivity index (χ3v) is 8.41. The first-order valence-electron chi connectivity index (χ1n) is 18.7. The topological polar surface area (TPSA) is 99.1 Å². The van der Waals surface area contributed by atoms with Gasteiger partial charge in [-0.05, 0) is 38.5 Å². The molecule has 0 spiro atoms. The van der Waals surface area contributed by atoms with Crippen LogP contribution in [0.1, 0.15) is 162 Å². The number of aliphatic carboxylic acids is 1. The van der Waals surface area contributed by atoms with Gasteiger partial charge in [-0.25, -0.2) is 4.79 Å². The molecule has 0 radical (unpaired) electrons. The quantitative estimate of drug-likeness (QED) is 0.0326. The molecule has 0 heterocycles. The van der Waals surface area contributed by atoms with Gasteiger partial charge >= 0.3 is 17.9 Å². The highest BCUT2D eigenvalue weighted by molar-refractivity contribution is 5.72. The Hall–Kier alpha value is -1.93. The van der Waals surface area contributed by atoms with Gasteiger partial charge in [-0.15, -0.1) is 0 Å². The Labute approximate surface area is 282 Å². The lowest BCUT2D eigenvalue weighted by Gasteiger charge is -2.31. The normalized spacial score (nSPS) is 13.2. The molecule has 0 aromatic rings. The van der Waals surface area contributed by atoms with Crippen molar-refractivity contribution in [1.82, 2.24) is 0 Å². The van der Waals surface area contributed by atoms with Crippen molar-refractivity contribution in [1.29, 1.82) is 0 Å². The number of carbonyl (C=O) groups is 3. The Kier molecular flexibility index (Phi) is 29.1. The molecule has 0 aliphatic rings. The number of hydrogen-bond donors (Lipinski definition) is 1. The van der Waals surface area contributed by atoms with E-state index in [9.17, 15) is 19.5 Å². The maximum atomic E-state index is 12.6. The van der Waals surface area contributed by atoms with Crippen LogP contribution in [0.15, 0.2) is 12.2 Å². The van der Waals surface area contributed by atoms with E-state index in [2.05, 4.69) is 26.0 Å². The monoisotopic (exact) mass is 655 g/mol. The maximum absolute atomic E-state index is 12.6. The molecule has 0 aliphatic carbocycles. The van der Waals surface area contributed by atoms with E-state index in [0.717, 1.165) is 51.4 Å². The Bertz CT molecular complexity index is 778. The molecule has 0 aromatic heterocycles. The van der Waals surface area contributed by atoms with Crippen molar-refractivity contribution < 1.29 is 38.2 Å². The average Bonchev–Trinajstić information content (AvgIpc) is 3.00. The number of ether oxygens (including phenoxy) is 3. The predicted molar refractivity (Wildman–Crippen MR) is 188 cm³/mol. The minimum Gasteiger partial charge on any atom is -0.477 e. The van der Waals surface area contributed by atoms with E-state index in [0.29, 0.717) is 19.3 Å². The number of hydrogen-bond acceptors (Lipinski definition) is 6. The molecule has 1 N–H and O–H groups in total. The first kappa shape index (κ1) is 44.1. The number of carboxylic acid groups (broad SMARTS) is 1. The SMILES string of the molecule is CCCCCC/C=C\CCCCCCCC(=O)OC(COCCC(C(=O)O)[N+](C)(C)C)COC(=O)CCCCCCCCCCC. The summed E-state index contributed by atoms with van der Waals surface area (Å²) in [6.45, 7) is 4.68. The van der Waals surface area contributed by atoms with Crippen LogP contribution >= 0.6 is 0 Å². The fourth-order valence-electron chi connectivity index (χ4n) is 5.44. The lowest BCUT2D eigenvalue weighted by molar-refractivity contribution is -0.887. The third-order valence-electron chi connectivity index (χ3n) is 8.41. The van der Waals surface area contributed by atoms with E-state index < -0.39 is 18.1 Å². The van der Waals surface area contributed by atoms with Gasteiger partial charge in [0.05, 0.1) is 34.4 Å². The largest absolute Gasteiger partial charge is 0.477 e. The van der Waals surface area contributed by atoms with E-state index in [-0.39, 0.29) is 36.2 Å². The first-order chi connectivity index (χ1) is 22.1. The van der Waals surface area contributed by atoms with Gasteiger partial charge in [-0.1, -0.05) is 116 Å². The third kappa shape index (κ3) is 28.3. The zero-order valence-electron chi connectivity index (χ0n) is 30.5. The minimum absolute atomic E-state index is 0.0498. The minimum atomic E-state index is -0.876. The number of allylic oxidation sites excluding steroid dienone is 2. The molecule has 0 saturated carbocycles. The van der Waals surface area contributed by atoms with Crippen LogP contribution in [0, 0.1) is 0 Å². The number of likely N-dealkylation sites (N-methyl/N-ethyl adjacent to an activating group) is 1. The summed E-state index contributed by atoms with van der Waals surface area (Å²) in [7, 11) is 5.51. The fourth-order valence-corrected chi connectivity index (χ4v) is 5.44. The summed E-state index contributed by atoms with van der Waals surface area (Å²) in [5, 5.41) is 9.56. The summed E-state index contributed by atoms with van der Waals surface area (Å²) in [5.41, 5.74) is 0. The summed E-state index contributed by atoms with van der Waals surface area (Å²) in [6, 6.07) is -0.609. The molecule has 0 bridgehead atoms. The van der Waals surface area contributed by atoms with Crippen molar-refractivity contribution in [3.63, 3.8) is 0 Å². The Morgan fingerprint density at radius 2 is 1.09 bits per heavy atom. The van der Waals surface area contributed by atoms with Gasteiger partial charge in [0.2, 0.25) is 0 Å². The Morgan fingerprint density at radius 3 is 1.59 bits per heavy atom. The van der Waals surface area contributed by atoms with Crippen molar-refractivity contribution in [2.45, 2.75) is 174 Å². The maximum Gasteiger partial charge on any atom is 0.362 e. The average molecular weight is 655 g/mol. The Morgan fingerprint density at radius 1 is 0.630 bits per heavy atom. The second kappa shape index (κ2) is 30.4. The highest BCUT2D eigenvalue weighted by Crippen LogP contribution is 2.13. The number of carboxylic acids is 1. The van der Waals surface area contributed by atoms with Crippen molar-refractivity contribution >= 4 is 17.9 Å². The van der Waals surface area contributed by atoms with E-state index in [1.54, 1.807) is 0 Å². The Balaban J connectivity index is 4.44.